The van der Waals surface area contributed by atoms with Crippen LogP contribution in [0.3, 0.4) is 0 Å². The second kappa shape index (κ2) is 5.77. The highest BCUT2D eigenvalue weighted by Crippen LogP contribution is 2.27. The molecule has 0 saturated heterocycles. The van der Waals surface area contributed by atoms with Gasteiger partial charge in [-0.1, -0.05) is 25.0 Å². The lowest BCUT2D eigenvalue weighted by Crippen LogP contribution is -2.32. The van der Waals surface area contributed by atoms with Gasteiger partial charge in [-0.15, -0.1) is 0 Å². The second-order valence-electron chi connectivity index (χ2n) is 6.00. The molecule has 0 unspecified atom stereocenters. The Morgan fingerprint density at radius 1 is 1.11 bits per heavy atom. The predicted octanol–water partition coefficient (Wildman–Crippen LogP) is 3.98. The number of benzene rings is 1. The van der Waals surface area contributed by atoms with Crippen molar-refractivity contribution in [2.75, 3.05) is 0 Å². The van der Waals surface area contributed by atoms with Gasteiger partial charge < -0.3 is 5.32 Å². The van der Waals surface area contributed by atoms with Crippen molar-refractivity contribution >= 4 is 5.91 Å². The van der Waals surface area contributed by atoms with Gasteiger partial charge in [-0.2, -0.15) is 0 Å². The Morgan fingerprint density at radius 3 is 2.32 bits per heavy atom. The third-order valence-corrected chi connectivity index (χ3v) is 4.43. The molecule has 1 aliphatic rings. The Hall–Kier alpha value is -1.31. The van der Waals surface area contributed by atoms with Gasteiger partial charge in [0, 0.05) is 5.92 Å². The van der Waals surface area contributed by atoms with Crippen molar-refractivity contribution in [2.24, 2.45) is 5.92 Å². The number of nitrogens with one attached hydrogen (secondary N) is 1. The summed E-state index contributed by atoms with van der Waals surface area (Å²) >= 11 is 0. The number of rotatable bonds is 3. The van der Waals surface area contributed by atoms with E-state index in [4.69, 9.17) is 0 Å². The van der Waals surface area contributed by atoms with Crippen molar-refractivity contribution in [2.45, 2.75) is 59.4 Å². The van der Waals surface area contributed by atoms with E-state index in [1.807, 2.05) is 0 Å². The van der Waals surface area contributed by atoms with Gasteiger partial charge in [0.2, 0.25) is 5.91 Å². The molecule has 19 heavy (non-hydrogen) atoms. The first-order chi connectivity index (χ1) is 8.99. The molecule has 1 saturated carbocycles. The van der Waals surface area contributed by atoms with Gasteiger partial charge in [0.1, 0.15) is 0 Å². The molecule has 0 heterocycles. The molecule has 1 amide bonds. The molecule has 2 nitrogen and oxygen atoms in total. The van der Waals surface area contributed by atoms with Crippen molar-refractivity contribution in [3.63, 3.8) is 0 Å². The zero-order chi connectivity index (χ0) is 14.0. The molecule has 1 atom stereocenters. The molecular formula is C17H25NO. The molecule has 1 aromatic rings. The summed E-state index contributed by atoms with van der Waals surface area (Å²) in [5.41, 5.74) is 5.12. The zero-order valence-corrected chi connectivity index (χ0v) is 12.5. The lowest BCUT2D eigenvalue weighted by molar-refractivity contribution is -0.125. The minimum Gasteiger partial charge on any atom is -0.349 e. The average molecular weight is 259 g/mol. The van der Waals surface area contributed by atoms with E-state index in [-0.39, 0.29) is 17.9 Å². The molecule has 0 aromatic heterocycles. The van der Waals surface area contributed by atoms with Gasteiger partial charge in [-0.05, 0) is 62.8 Å². The summed E-state index contributed by atoms with van der Waals surface area (Å²) in [7, 11) is 0. The maximum atomic E-state index is 12.2. The standard InChI is InChI=1S/C17H25NO/c1-11-9-13(3)16(10-12(11)2)14(4)18-17(19)15-7-5-6-8-15/h9-10,14-15H,5-8H2,1-4H3,(H,18,19)/t14-/m0/s1. The van der Waals surface area contributed by atoms with Crippen LogP contribution in [0.1, 0.15) is 60.9 Å². The molecule has 1 aliphatic carbocycles. The zero-order valence-electron chi connectivity index (χ0n) is 12.5. The van der Waals surface area contributed by atoms with Crippen molar-refractivity contribution < 1.29 is 4.79 Å². The van der Waals surface area contributed by atoms with Crippen LogP contribution in [0.2, 0.25) is 0 Å². The first-order valence-electron chi connectivity index (χ1n) is 7.37. The van der Waals surface area contributed by atoms with Crippen molar-refractivity contribution in [1.82, 2.24) is 5.32 Å². The van der Waals surface area contributed by atoms with E-state index in [2.05, 4.69) is 45.1 Å². The summed E-state index contributed by atoms with van der Waals surface area (Å²) in [6, 6.07) is 4.53. The second-order valence-corrected chi connectivity index (χ2v) is 6.00. The van der Waals surface area contributed by atoms with Gasteiger partial charge in [-0.3, -0.25) is 4.79 Å². The van der Waals surface area contributed by atoms with Crippen LogP contribution in [0.15, 0.2) is 12.1 Å². The van der Waals surface area contributed by atoms with E-state index in [1.54, 1.807) is 0 Å². The number of carbonyl (C=O) groups excluding carboxylic acids is 1. The van der Waals surface area contributed by atoms with Crippen molar-refractivity contribution in [3.05, 3.63) is 34.4 Å². The van der Waals surface area contributed by atoms with Crippen LogP contribution in [0.25, 0.3) is 0 Å². The molecule has 1 N–H and O–H groups in total. The summed E-state index contributed by atoms with van der Waals surface area (Å²) in [5.74, 6) is 0.483. The highest BCUT2D eigenvalue weighted by atomic mass is 16.1. The van der Waals surface area contributed by atoms with Crippen molar-refractivity contribution in [3.8, 4) is 0 Å². The first-order valence-corrected chi connectivity index (χ1v) is 7.37. The normalized spacial score (nSPS) is 17.5. The number of amides is 1. The molecule has 2 rings (SSSR count). The molecule has 1 fully saturated rings. The summed E-state index contributed by atoms with van der Waals surface area (Å²) in [6.07, 6.45) is 4.53. The molecule has 0 bridgehead atoms. The largest absolute Gasteiger partial charge is 0.349 e. The van der Waals surface area contributed by atoms with E-state index in [0.717, 1.165) is 12.8 Å². The third kappa shape index (κ3) is 3.17. The molecule has 2 heteroatoms. The average Bonchev–Trinajstić information content (AvgIpc) is 2.87. The fourth-order valence-corrected chi connectivity index (χ4v) is 3.05. The summed E-state index contributed by atoms with van der Waals surface area (Å²) in [6.45, 7) is 8.47. The fourth-order valence-electron chi connectivity index (χ4n) is 3.05. The van der Waals surface area contributed by atoms with Crippen molar-refractivity contribution in [1.29, 1.82) is 0 Å². The van der Waals surface area contributed by atoms with Crippen LogP contribution < -0.4 is 5.32 Å². The molecule has 0 aliphatic heterocycles. The molecule has 1 aromatic carbocycles. The highest BCUT2D eigenvalue weighted by Gasteiger charge is 2.24. The third-order valence-electron chi connectivity index (χ3n) is 4.43. The summed E-state index contributed by atoms with van der Waals surface area (Å²) < 4.78 is 0. The Balaban J connectivity index is 2.09. The molecular weight excluding hydrogens is 234 g/mol. The Bertz CT molecular complexity index is 472. The monoisotopic (exact) mass is 259 g/mol. The topological polar surface area (TPSA) is 29.1 Å². The van der Waals surface area contributed by atoms with Crippen LogP contribution in [0.5, 0.6) is 0 Å². The van der Waals surface area contributed by atoms with E-state index in [1.165, 1.54) is 35.1 Å². The van der Waals surface area contributed by atoms with Crippen LogP contribution in [0.4, 0.5) is 0 Å². The van der Waals surface area contributed by atoms with E-state index in [0.29, 0.717) is 0 Å². The fraction of sp³-hybridized carbons (Fsp3) is 0.588. The Morgan fingerprint density at radius 2 is 1.68 bits per heavy atom. The van der Waals surface area contributed by atoms with E-state index in [9.17, 15) is 4.79 Å². The number of hydrogen-bond donors (Lipinski definition) is 1. The first kappa shape index (κ1) is 14.1. The molecule has 0 spiro atoms. The minimum atomic E-state index is 0.104. The van der Waals surface area contributed by atoms with Crippen LogP contribution in [-0.2, 0) is 4.79 Å². The van der Waals surface area contributed by atoms with Gasteiger partial charge >= 0.3 is 0 Å². The van der Waals surface area contributed by atoms with Gasteiger partial charge in [-0.25, -0.2) is 0 Å². The Kier molecular flexibility index (Phi) is 4.28. The smallest absolute Gasteiger partial charge is 0.223 e. The predicted molar refractivity (Wildman–Crippen MR) is 79.2 cm³/mol. The molecule has 104 valence electrons. The maximum absolute atomic E-state index is 12.2. The molecule has 0 radical (unpaired) electrons. The minimum absolute atomic E-state index is 0.104. The quantitative estimate of drug-likeness (QED) is 0.874. The van der Waals surface area contributed by atoms with Crippen LogP contribution in [0, 0.1) is 26.7 Å². The number of carbonyl (C=O) groups is 1. The lowest BCUT2D eigenvalue weighted by Gasteiger charge is -2.20. The van der Waals surface area contributed by atoms with Crippen LogP contribution in [-0.4, -0.2) is 5.91 Å². The summed E-state index contributed by atoms with van der Waals surface area (Å²) in [5, 5.41) is 3.19. The van der Waals surface area contributed by atoms with Gasteiger partial charge in [0.25, 0.3) is 0 Å². The van der Waals surface area contributed by atoms with Gasteiger partial charge in [0.05, 0.1) is 6.04 Å². The van der Waals surface area contributed by atoms with Crippen LogP contribution >= 0.6 is 0 Å². The lowest BCUT2D eigenvalue weighted by atomic mass is 9.96. The highest BCUT2D eigenvalue weighted by molar-refractivity contribution is 5.79. The van der Waals surface area contributed by atoms with E-state index >= 15 is 0 Å². The maximum Gasteiger partial charge on any atom is 0.223 e. The van der Waals surface area contributed by atoms with E-state index < -0.39 is 0 Å². The van der Waals surface area contributed by atoms with Gasteiger partial charge in [0.15, 0.2) is 0 Å². The Labute approximate surface area is 116 Å². The summed E-state index contributed by atoms with van der Waals surface area (Å²) in [4.78, 5) is 12.2. The number of hydrogen-bond acceptors (Lipinski definition) is 1. The number of aryl methyl sites for hydroxylation is 3. The SMILES string of the molecule is Cc1cc(C)c([C@H](C)NC(=O)C2CCCC2)cc1C.